The van der Waals surface area contributed by atoms with Gasteiger partial charge in [-0.1, -0.05) is 0 Å². The van der Waals surface area contributed by atoms with Gasteiger partial charge in [-0.05, 0) is 54.6 Å². The van der Waals surface area contributed by atoms with Crippen molar-refractivity contribution in [3.8, 4) is 0 Å². The first-order valence-electron chi connectivity index (χ1n) is 4.95. The van der Waals surface area contributed by atoms with Gasteiger partial charge in [0.05, 0.1) is 5.69 Å². The number of nitrogens with zero attached hydrogens (tertiary/aromatic N) is 1. The fourth-order valence-electron chi connectivity index (χ4n) is 1.63. The van der Waals surface area contributed by atoms with Gasteiger partial charge in [0, 0.05) is 14.7 Å². The average molecular weight is 345 g/mol. The van der Waals surface area contributed by atoms with E-state index in [-0.39, 0.29) is 11.8 Å². The van der Waals surface area contributed by atoms with Gasteiger partial charge >= 0.3 is 0 Å². The van der Waals surface area contributed by atoms with Gasteiger partial charge in [-0.3, -0.25) is 9.59 Å². The quantitative estimate of drug-likeness (QED) is 0.580. The van der Waals surface area contributed by atoms with Crippen LogP contribution in [0.5, 0.6) is 0 Å². The van der Waals surface area contributed by atoms with Crippen molar-refractivity contribution in [1.82, 2.24) is 0 Å². The summed E-state index contributed by atoms with van der Waals surface area (Å²) in [6.07, 6.45) is 0. The molecule has 17 heavy (non-hydrogen) atoms. The molecule has 0 spiro atoms. The van der Waals surface area contributed by atoms with Crippen LogP contribution in [0.3, 0.4) is 0 Å². The molecule has 0 bridgehead atoms. The summed E-state index contributed by atoms with van der Waals surface area (Å²) in [5, 5.41) is 0. The molecule has 2 rings (SSSR count). The van der Waals surface area contributed by atoms with Crippen molar-refractivity contribution in [3.63, 3.8) is 0 Å². The molecule has 0 saturated heterocycles. The lowest BCUT2D eigenvalue weighted by molar-refractivity contribution is -0.120. The fraction of sp³-hybridized carbons (Fsp3) is 0.167. The van der Waals surface area contributed by atoms with E-state index in [4.69, 9.17) is 0 Å². The van der Waals surface area contributed by atoms with Gasteiger partial charge in [-0.25, -0.2) is 9.29 Å². The highest BCUT2D eigenvalue weighted by Crippen LogP contribution is 2.30. The van der Waals surface area contributed by atoms with Crippen LogP contribution in [-0.2, 0) is 9.59 Å². The van der Waals surface area contributed by atoms with Gasteiger partial charge in [-0.2, -0.15) is 0 Å². The summed E-state index contributed by atoms with van der Waals surface area (Å²) in [4.78, 5) is 24.9. The summed E-state index contributed by atoms with van der Waals surface area (Å²) in [6.45, 7) is 3.23. The van der Waals surface area contributed by atoms with Crippen LogP contribution in [0.1, 0.15) is 13.8 Å². The molecule has 0 N–H and O–H groups in total. The first-order valence-corrected chi connectivity index (χ1v) is 6.02. The number of anilines is 1. The van der Waals surface area contributed by atoms with E-state index in [1.54, 1.807) is 13.8 Å². The third kappa shape index (κ3) is 1.88. The van der Waals surface area contributed by atoms with Gasteiger partial charge < -0.3 is 0 Å². The summed E-state index contributed by atoms with van der Waals surface area (Å²) in [5.74, 6) is -1.06. The Morgan fingerprint density at radius 3 is 2.12 bits per heavy atom. The maximum absolute atomic E-state index is 13.0. The van der Waals surface area contributed by atoms with Crippen LogP contribution in [-0.4, -0.2) is 11.8 Å². The molecule has 88 valence electrons. The predicted molar refractivity (Wildman–Crippen MR) is 70.0 cm³/mol. The van der Waals surface area contributed by atoms with Crippen LogP contribution >= 0.6 is 22.6 Å². The van der Waals surface area contributed by atoms with E-state index in [0.717, 1.165) is 4.90 Å². The standard InChI is InChI=1S/C12H9FINO2/c1-6-7(2)12(17)15(11(6)16)10-4-3-8(13)5-9(10)14/h3-5H,1-2H3. The molecule has 1 aliphatic heterocycles. The van der Waals surface area contributed by atoms with E-state index >= 15 is 0 Å². The van der Waals surface area contributed by atoms with Crippen molar-refractivity contribution >= 4 is 40.1 Å². The zero-order chi connectivity index (χ0) is 12.7. The molecule has 0 atom stereocenters. The maximum Gasteiger partial charge on any atom is 0.261 e. The lowest BCUT2D eigenvalue weighted by Crippen LogP contribution is -2.31. The monoisotopic (exact) mass is 345 g/mol. The van der Waals surface area contributed by atoms with Gasteiger partial charge in [-0.15, -0.1) is 0 Å². The van der Waals surface area contributed by atoms with Gasteiger partial charge in [0.1, 0.15) is 5.82 Å². The number of hydrogen-bond donors (Lipinski definition) is 0. The maximum atomic E-state index is 13.0. The third-order valence-electron chi connectivity index (χ3n) is 2.76. The first-order chi connectivity index (χ1) is 7.93. The molecule has 0 saturated carbocycles. The zero-order valence-corrected chi connectivity index (χ0v) is 11.4. The topological polar surface area (TPSA) is 37.4 Å². The third-order valence-corrected chi connectivity index (χ3v) is 3.62. The van der Waals surface area contributed by atoms with Crippen molar-refractivity contribution in [2.75, 3.05) is 4.90 Å². The minimum Gasteiger partial charge on any atom is -0.269 e. The largest absolute Gasteiger partial charge is 0.269 e. The van der Waals surface area contributed by atoms with Gasteiger partial charge in [0.2, 0.25) is 0 Å². The van der Waals surface area contributed by atoms with Crippen LogP contribution < -0.4 is 4.90 Å². The van der Waals surface area contributed by atoms with Crippen LogP contribution in [0.15, 0.2) is 29.3 Å². The number of carbonyl (C=O) groups excluding carboxylic acids is 2. The minimum absolute atomic E-state index is 0.336. The van der Waals surface area contributed by atoms with E-state index in [0.29, 0.717) is 20.4 Å². The molecule has 1 aliphatic rings. The highest BCUT2D eigenvalue weighted by molar-refractivity contribution is 14.1. The molecule has 0 unspecified atom stereocenters. The molecule has 0 aliphatic carbocycles. The van der Waals surface area contributed by atoms with Crippen molar-refractivity contribution in [2.45, 2.75) is 13.8 Å². The summed E-state index contributed by atoms with van der Waals surface area (Å²) in [5.41, 5.74) is 1.31. The van der Waals surface area contributed by atoms with E-state index in [1.807, 2.05) is 22.6 Å². The molecule has 0 aromatic heterocycles. The number of amides is 2. The highest BCUT2D eigenvalue weighted by Gasteiger charge is 2.35. The minimum atomic E-state index is -0.390. The molecular formula is C12H9FINO2. The normalized spacial score (nSPS) is 16.1. The molecule has 1 aromatic carbocycles. The number of halogens is 2. The number of carbonyl (C=O) groups is 2. The number of benzene rings is 1. The Kier molecular flexibility index (Phi) is 3.03. The summed E-state index contributed by atoms with van der Waals surface area (Å²) < 4.78 is 13.5. The van der Waals surface area contributed by atoms with Crippen molar-refractivity contribution in [1.29, 1.82) is 0 Å². The van der Waals surface area contributed by atoms with E-state index in [1.165, 1.54) is 18.2 Å². The second-order valence-electron chi connectivity index (χ2n) is 3.79. The van der Waals surface area contributed by atoms with E-state index < -0.39 is 5.82 Å². The molecule has 2 amide bonds. The molecule has 1 heterocycles. The lowest BCUT2D eigenvalue weighted by Gasteiger charge is -2.16. The second-order valence-corrected chi connectivity index (χ2v) is 4.95. The Hall–Kier alpha value is -1.24. The van der Waals surface area contributed by atoms with Crippen molar-refractivity contribution in [3.05, 3.63) is 38.7 Å². The first kappa shape index (κ1) is 12.2. The molecule has 5 heteroatoms. The Balaban J connectivity index is 2.50. The van der Waals surface area contributed by atoms with E-state index in [9.17, 15) is 14.0 Å². The molecule has 0 radical (unpaired) electrons. The number of hydrogen-bond acceptors (Lipinski definition) is 2. The Morgan fingerprint density at radius 2 is 1.65 bits per heavy atom. The Bertz CT molecular complexity index is 542. The summed E-state index contributed by atoms with van der Waals surface area (Å²) in [6, 6.07) is 3.97. The van der Waals surface area contributed by atoms with E-state index in [2.05, 4.69) is 0 Å². The zero-order valence-electron chi connectivity index (χ0n) is 9.25. The van der Waals surface area contributed by atoms with Crippen molar-refractivity contribution in [2.24, 2.45) is 0 Å². The van der Waals surface area contributed by atoms with Gasteiger partial charge in [0.25, 0.3) is 11.8 Å². The average Bonchev–Trinajstić information content (AvgIpc) is 2.45. The summed E-state index contributed by atoms with van der Waals surface area (Å²) >= 11 is 1.91. The van der Waals surface area contributed by atoms with Crippen LogP contribution in [0.2, 0.25) is 0 Å². The molecular weight excluding hydrogens is 336 g/mol. The molecule has 3 nitrogen and oxygen atoms in total. The molecule has 0 fully saturated rings. The van der Waals surface area contributed by atoms with Crippen LogP contribution in [0, 0.1) is 9.39 Å². The fourth-order valence-corrected chi connectivity index (χ4v) is 2.35. The number of rotatable bonds is 1. The number of imide groups is 1. The molecule has 1 aromatic rings. The van der Waals surface area contributed by atoms with Crippen molar-refractivity contribution < 1.29 is 14.0 Å². The SMILES string of the molecule is CC1=C(C)C(=O)N(c2ccc(F)cc2I)C1=O. The summed E-state index contributed by atoms with van der Waals surface area (Å²) in [7, 11) is 0. The van der Waals surface area contributed by atoms with Crippen LogP contribution in [0.4, 0.5) is 10.1 Å². The van der Waals surface area contributed by atoms with Crippen LogP contribution in [0.25, 0.3) is 0 Å². The Labute approximate surface area is 111 Å². The van der Waals surface area contributed by atoms with Gasteiger partial charge in [0.15, 0.2) is 0 Å². The predicted octanol–water partition coefficient (Wildman–Crippen LogP) is 2.64. The smallest absolute Gasteiger partial charge is 0.261 e. The second kappa shape index (κ2) is 4.21. The lowest BCUT2D eigenvalue weighted by atomic mass is 10.2. The Morgan fingerprint density at radius 1 is 1.12 bits per heavy atom. The highest BCUT2D eigenvalue weighted by atomic mass is 127.